The molecule has 0 atom stereocenters. The van der Waals surface area contributed by atoms with Crippen LogP contribution in [0.1, 0.15) is 29.2 Å². The Kier molecular flexibility index (Phi) is 5.74. The van der Waals surface area contributed by atoms with Crippen molar-refractivity contribution in [1.29, 1.82) is 0 Å². The fraction of sp³-hybridized carbons (Fsp3) is 0.312. The number of carbonyl (C=O) groups is 2. The molecule has 0 saturated carbocycles. The van der Waals surface area contributed by atoms with E-state index in [2.05, 4.69) is 10.3 Å². The van der Waals surface area contributed by atoms with Gasteiger partial charge in [-0.1, -0.05) is 23.7 Å². The van der Waals surface area contributed by atoms with Gasteiger partial charge in [-0.25, -0.2) is 9.78 Å². The molecule has 1 aromatic heterocycles. The Labute approximate surface area is 143 Å². The number of rotatable bonds is 5. The van der Waals surface area contributed by atoms with Gasteiger partial charge in [-0.05, 0) is 32.9 Å². The fourth-order valence-corrected chi connectivity index (χ4v) is 2.95. The van der Waals surface area contributed by atoms with Gasteiger partial charge in [0.15, 0.2) is 6.61 Å². The van der Waals surface area contributed by atoms with Gasteiger partial charge in [-0.3, -0.25) is 4.79 Å². The number of nitrogens with zero attached hydrogens (tertiary/aromatic N) is 1. The first kappa shape index (κ1) is 17.4. The van der Waals surface area contributed by atoms with Crippen LogP contribution in [0.4, 0.5) is 0 Å². The number of benzene rings is 1. The minimum absolute atomic E-state index is 0.00264. The number of aryl methyl sites for hydroxylation is 1. The van der Waals surface area contributed by atoms with Gasteiger partial charge in [-0.2, -0.15) is 0 Å². The van der Waals surface area contributed by atoms with Crippen molar-refractivity contribution in [3.63, 3.8) is 0 Å². The smallest absolute Gasteiger partial charge is 0.350 e. The summed E-state index contributed by atoms with van der Waals surface area (Å²) in [5, 5.41) is 4.00. The predicted octanol–water partition coefficient (Wildman–Crippen LogP) is 3.45. The van der Waals surface area contributed by atoms with Crippen molar-refractivity contribution in [3.8, 4) is 10.6 Å². The normalized spacial score (nSPS) is 10.7. The molecule has 2 rings (SSSR count). The standard InChI is InChI=1S/C16H17ClN2O3S/c1-9(2)18-13(20)8-22-16(21)14-10(3)19-15(23-14)11-4-6-12(17)7-5-11/h4-7,9H,8H2,1-3H3,(H,18,20). The van der Waals surface area contributed by atoms with E-state index in [-0.39, 0.29) is 18.6 Å². The van der Waals surface area contributed by atoms with Gasteiger partial charge >= 0.3 is 5.97 Å². The number of carbonyl (C=O) groups excluding carboxylic acids is 2. The Balaban J connectivity index is 2.07. The van der Waals surface area contributed by atoms with Gasteiger partial charge in [0.05, 0.1) is 5.69 Å². The van der Waals surface area contributed by atoms with E-state index >= 15 is 0 Å². The van der Waals surface area contributed by atoms with Gasteiger partial charge in [0.2, 0.25) is 0 Å². The molecular weight excluding hydrogens is 336 g/mol. The number of halogens is 1. The van der Waals surface area contributed by atoms with Crippen molar-refractivity contribution < 1.29 is 14.3 Å². The van der Waals surface area contributed by atoms with E-state index in [1.807, 2.05) is 26.0 Å². The van der Waals surface area contributed by atoms with Crippen LogP contribution in [0, 0.1) is 6.92 Å². The molecule has 0 aliphatic rings. The third-order valence-corrected chi connectivity index (χ3v) is 4.30. The summed E-state index contributed by atoms with van der Waals surface area (Å²) in [6.45, 7) is 5.11. The van der Waals surface area contributed by atoms with Crippen molar-refractivity contribution in [2.75, 3.05) is 6.61 Å². The lowest BCUT2D eigenvalue weighted by atomic mass is 10.2. The molecule has 23 heavy (non-hydrogen) atoms. The molecule has 1 heterocycles. The van der Waals surface area contributed by atoms with Gasteiger partial charge in [0.1, 0.15) is 9.88 Å². The maximum absolute atomic E-state index is 12.1. The molecule has 0 unspecified atom stereocenters. The molecule has 2 aromatic rings. The number of ether oxygens (including phenoxy) is 1. The fourth-order valence-electron chi connectivity index (χ4n) is 1.86. The number of aromatic nitrogens is 1. The Hall–Kier alpha value is -1.92. The number of hydrogen-bond acceptors (Lipinski definition) is 5. The monoisotopic (exact) mass is 352 g/mol. The topological polar surface area (TPSA) is 68.3 Å². The minimum atomic E-state index is -0.542. The lowest BCUT2D eigenvalue weighted by Crippen LogP contribution is -2.33. The molecule has 0 spiro atoms. The molecule has 7 heteroatoms. The van der Waals surface area contributed by atoms with E-state index in [9.17, 15) is 9.59 Å². The second-order valence-corrected chi connectivity index (χ2v) is 6.67. The number of hydrogen-bond donors (Lipinski definition) is 1. The summed E-state index contributed by atoms with van der Waals surface area (Å²) in [4.78, 5) is 28.4. The maximum atomic E-state index is 12.1. The lowest BCUT2D eigenvalue weighted by molar-refractivity contribution is -0.124. The maximum Gasteiger partial charge on any atom is 0.350 e. The Morgan fingerprint density at radius 2 is 1.96 bits per heavy atom. The summed E-state index contributed by atoms with van der Waals surface area (Å²) in [6.07, 6.45) is 0. The molecule has 5 nitrogen and oxygen atoms in total. The third kappa shape index (κ3) is 4.77. The van der Waals surface area contributed by atoms with Crippen molar-refractivity contribution in [2.45, 2.75) is 26.8 Å². The lowest BCUT2D eigenvalue weighted by Gasteiger charge is -2.08. The van der Waals surface area contributed by atoms with Crippen LogP contribution < -0.4 is 5.32 Å². The number of amides is 1. The second-order valence-electron chi connectivity index (χ2n) is 5.24. The molecule has 0 aliphatic heterocycles. The quantitative estimate of drug-likeness (QED) is 0.837. The van der Waals surface area contributed by atoms with Crippen molar-refractivity contribution >= 4 is 34.8 Å². The van der Waals surface area contributed by atoms with Gasteiger partial charge in [0.25, 0.3) is 5.91 Å². The SMILES string of the molecule is Cc1nc(-c2ccc(Cl)cc2)sc1C(=O)OCC(=O)NC(C)C. The predicted molar refractivity (Wildman–Crippen MR) is 90.9 cm³/mol. The molecule has 1 N–H and O–H groups in total. The van der Waals surface area contributed by atoms with Crippen molar-refractivity contribution in [3.05, 3.63) is 39.9 Å². The minimum Gasteiger partial charge on any atom is -0.451 e. The van der Waals surface area contributed by atoms with E-state index in [0.717, 1.165) is 5.56 Å². The van der Waals surface area contributed by atoms with Crippen molar-refractivity contribution in [2.24, 2.45) is 0 Å². The van der Waals surface area contributed by atoms with Crippen LogP contribution in [0.15, 0.2) is 24.3 Å². The molecule has 0 fully saturated rings. The van der Waals surface area contributed by atoms with Crippen LogP contribution in [0.2, 0.25) is 5.02 Å². The molecular formula is C16H17ClN2O3S. The van der Waals surface area contributed by atoms with Crippen LogP contribution in [-0.2, 0) is 9.53 Å². The number of thiazole rings is 1. The van der Waals surface area contributed by atoms with Gasteiger partial charge in [-0.15, -0.1) is 11.3 Å². The van der Waals surface area contributed by atoms with Crippen LogP contribution in [0.3, 0.4) is 0 Å². The highest BCUT2D eigenvalue weighted by molar-refractivity contribution is 7.17. The van der Waals surface area contributed by atoms with Crippen LogP contribution in [-0.4, -0.2) is 29.5 Å². The van der Waals surface area contributed by atoms with Crippen LogP contribution >= 0.6 is 22.9 Å². The largest absolute Gasteiger partial charge is 0.451 e. The Morgan fingerprint density at radius 1 is 1.30 bits per heavy atom. The Bertz CT molecular complexity index is 711. The molecule has 0 aliphatic carbocycles. The molecule has 1 amide bonds. The number of esters is 1. The molecule has 1 aromatic carbocycles. The highest BCUT2D eigenvalue weighted by Gasteiger charge is 2.18. The van der Waals surface area contributed by atoms with E-state index in [0.29, 0.717) is 20.6 Å². The molecule has 122 valence electrons. The molecule has 0 radical (unpaired) electrons. The zero-order chi connectivity index (χ0) is 17.0. The van der Waals surface area contributed by atoms with E-state index in [1.54, 1.807) is 19.1 Å². The van der Waals surface area contributed by atoms with Crippen LogP contribution in [0.5, 0.6) is 0 Å². The zero-order valence-electron chi connectivity index (χ0n) is 13.1. The molecule has 0 bridgehead atoms. The van der Waals surface area contributed by atoms with E-state index < -0.39 is 5.97 Å². The average molecular weight is 353 g/mol. The Morgan fingerprint density at radius 3 is 2.57 bits per heavy atom. The van der Waals surface area contributed by atoms with Crippen molar-refractivity contribution in [1.82, 2.24) is 10.3 Å². The third-order valence-electron chi connectivity index (χ3n) is 2.86. The first-order valence-electron chi connectivity index (χ1n) is 7.06. The molecule has 0 saturated heterocycles. The highest BCUT2D eigenvalue weighted by Crippen LogP contribution is 2.29. The van der Waals surface area contributed by atoms with Gasteiger partial charge in [0, 0.05) is 16.6 Å². The summed E-state index contributed by atoms with van der Waals surface area (Å²) in [5.41, 5.74) is 1.45. The highest BCUT2D eigenvalue weighted by atomic mass is 35.5. The van der Waals surface area contributed by atoms with E-state index in [4.69, 9.17) is 16.3 Å². The van der Waals surface area contributed by atoms with E-state index in [1.165, 1.54) is 11.3 Å². The summed E-state index contributed by atoms with van der Waals surface area (Å²) in [7, 11) is 0. The first-order chi connectivity index (χ1) is 10.9. The summed E-state index contributed by atoms with van der Waals surface area (Å²) < 4.78 is 5.04. The summed E-state index contributed by atoms with van der Waals surface area (Å²) >= 11 is 7.10. The summed E-state index contributed by atoms with van der Waals surface area (Å²) in [6, 6.07) is 7.21. The number of nitrogens with one attached hydrogen (secondary N) is 1. The second kappa shape index (κ2) is 7.57. The van der Waals surface area contributed by atoms with Gasteiger partial charge < -0.3 is 10.1 Å². The van der Waals surface area contributed by atoms with Crippen LogP contribution in [0.25, 0.3) is 10.6 Å². The summed E-state index contributed by atoms with van der Waals surface area (Å²) in [5.74, 6) is -0.868. The average Bonchev–Trinajstić information content (AvgIpc) is 2.87. The zero-order valence-corrected chi connectivity index (χ0v) is 14.6. The first-order valence-corrected chi connectivity index (χ1v) is 8.26.